The molecule has 3 rings (SSSR count). The number of H-pyrrole nitrogens is 1. The van der Waals surface area contributed by atoms with Crippen LogP contribution >= 0.6 is 11.8 Å². The molecule has 24 heavy (non-hydrogen) atoms. The highest BCUT2D eigenvalue weighted by molar-refractivity contribution is 7.99. The average molecular weight is 346 g/mol. The number of non-ortho nitro benzene ring substituents is 1. The number of nitro groups is 1. The summed E-state index contributed by atoms with van der Waals surface area (Å²) in [5.74, 6) is -0.862. The second-order valence-corrected chi connectivity index (χ2v) is 5.78. The number of aromatic amines is 1. The number of anilines is 1. The largest absolute Gasteiger partial charge is 0.333 e. The van der Waals surface area contributed by atoms with Crippen molar-refractivity contribution in [1.82, 2.24) is 9.97 Å². The summed E-state index contributed by atoms with van der Waals surface area (Å²) < 4.78 is 13.5. The van der Waals surface area contributed by atoms with Gasteiger partial charge in [-0.15, -0.1) is 0 Å². The Hall–Kier alpha value is -2.94. The third-order valence-corrected chi connectivity index (χ3v) is 4.02. The molecular formula is C15H11FN4O3S. The number of rotatable bonds is 5. The zero-order valence-electron chi connectivity index (χ0n) is 12.2. The maximum atomic E-state index is 13.5. The Morgan fingerprint density at radius 3 is 2.88 bits per heavy atom. The first-order valence-corrected chi connectivity index (χ1v) is 7.83. The number of amides is 1. The first-order valence-electron chi connectivity index (χ1n) is 6.84. The molecule has 0 unspecified atom stereocenters. The molecule has 0 fully saturated rings. The number of hydrogen-bond acceptors (Lipinski definition) is 5. The van der Waals surface area contributed by atoms with Gasteiger partial charge in [-0.3, -0.25) is 14.9 Å². The van der Waals surface area contributed by atoms with Crippen molar-refractivity contribution in [2.75, 3.05) is 11.1 Å². The van der Waals surface area contributed by atoms with Crippen molar-refractivity contribution in [2.45, 2.75) is 5.16 Å². The van der Waals surface area contributed by atoms with Gasteiger partial charge in [-0.05, 0) is 18.2 Å². The fourth-order valence-electron chi connectivity index (χ4n) is 2.04. The predicted molar refractivity (Wildman–Crippen MR) is 88.5 cm³/mol. The van der Waals surface area contributed by atoms with E-state index in [-0.39, 0.29) is 23.0 Å². The van der Waals surface area contributed by atoms with Crippen LogP contribution in [0.1, 0.15) is 0 Å². The molecule has 122 valence electrons. The molecule has 2 N–H and O–H groups in total. The number of nitrogens with zero attached hydrogens (tertiary/aromatic N) is 2. The van der Waals surface area contributed by atoms with Crippen LogP contribution in [0.5, 0.6) is 0 Å². The quantitative estimate of drug-likeness (QED) is 0.419. The SMILES string of the molecule is O=C(CSc1nc2ccc([N+](=O)[O-])cc2[nH]1)Nc1ccccc1F. The number of fused-ring (bicyclic) bond motifs is 1. The average Bonchev–Trinajstić information content (AvgIpc) is 2.97. The normalized spacial score (nSPS) is 10.7. The summed E-state index contributed by atoms with van der Waals surface area (Å²) in [7, 11) is 0. The molecule has 3 aromatic rings. The molecule has 1 amide bonds. The molecule has 0 radical (unpaired) electrons. The Morgan fingerprint density at radius 1 is 1.33 bits per heavy atom. The number of carbonyl (C=O) groups excluding carboxylic acids is 1. The van der Waals surface area contributed by atoms with Crippen molar-refractivity contribution in [3.05, 3.63) is 58.4 Å². The van der Waals surface area contributed by atoms with Gasteiger partial charge in [0.05, 0.1) is 27.4 Å². The van der Waals surface area contributed by atoms with Crippen molar-refractivity contribution in [3.8, 4) is 0 Å². The van der Waals surface area contributed by atoms with Gasteiger partial charge in [-0.2, -0.15) is 0 Å². The molecule has 0 bridgehead atoms. The molecule has 0 saturated heterocycles. The van der Waals surface area contributed by atoms with Crippen molar-refractivity contribution in [1.29, 1.82) is 0 Å². The lowest BCUT2D eigenvalue weighted by atomic mass is 10.3. The fraction of sp³-hybridized carbons (Fsp3) is 0.0667. The van der Waals surface area contributed by atoms with E-state index in [0.29, 0.717) is 16.2 Å². The summed E-state index contributed by atoms with van der Waals surface area (Å²) in [5, 5.41) is 13.7. The number of hydrogen-bond donors (Lipinski definition) is 2. The van der Waals surface area contributed by atoms with E-state index >= 15 is 0 Å². The number of carbonyl (C=O) groups is 1. The second kappa shape index (κ2) is 6.67. The van der Waals surface area contributed by atoms with E-state index in [0.717, 1.165) is 11.8 Å². The highest BCUT2D eigenvalue weighted by Crippen LogP contribution is 2.23. The number of nitrogens with one attached hydrogen (secondary N) is 2. The van der Waals surface area contributed by atoms with Crippen LogP contribution in [0.25, 0.3) is 11.0 Å². The third kappa shape index (κ3) is 3.51. The Balaban J connectivity index is 1.66. The highest BCUT2D eigenvalue weighted by Gasteiger charge is 2.12. The van der Waals surface area contributed by atoms with Crippen LogP contribution in [-0.2, 0) is 4.79 Å². The summed E-state index contributed by atoms with van der Waals surface area (Å²) in [5.41, 5.74) is 1.15. The van der Waals surface area contributed by atoms with Crippen LogP contribution in [0.2, 0.25) is 0 Å². The zero-order valence-corrected chi connectivity index (χ0v) is 13.0. The van der Waals surface area contributed by atoms with Gasteiger partial charge in [-0.25, -0.2) is 9.37 Å². The van der Waals surface area contributed by atoms with E-state index in [1.165, 1.54) is 36.4 Å². The number of imidazole rings is 1. The van der Waals surface area contributed by atoms with Gasteiger partial charge in [0, 0.05) is 12.1 Å². The van der Waals surface area contributed by atoms with Gasteiger partial charge >= 0.3 is 0 Å². The maximum absolute atomic E-state index is 13.5. The molecule has 0 spiro atoms. The van der Waals surface area contributed by atoms with Crippen LogP contribution in [0.15, 0.2) is 47.6 Å². The molecule has 0 saturated carbocycles. The number of para-hydroxylation sites is 1. The summed E-state index contributed by atoms with van der Waals surface area (Å²) in [6, 6.07) is 10.2. The fourth-order valence-corrected chi connectivity index (χ4v) is 2.72. The third-order valence-electron chi connectivity index (χ3n) is 3.14. The van der Waals surface area contributed by atoms with Crippen molar-refractivity contribution < 1.29 is 14.1 Å². The molecular weight excluding hydrogens is 335 g/mol. The van der Waals surface area contributed by atoms with Gasteiger partial charge in [0.15, 0.2) is 5.16 Å². The van der Waals surface area contributed by atoms with Crippen molar-refractivity contribution in [3.63, 3.8) is 0 Å². The molecule has 0 atom stereocenters. The van der Waals surface area contributed by atoms with Gasteiger partial charge in [0.1, 0.15) is 5.82 Å². The minimum atomic E-state index is -0.508. The standard InChI is InChI=1S/C15H11FN4O3S/c16-10-3-1-2-4-11(10)17-14(21)8-24-15-18-12-6-5-9(20(22)23)7-13(12)19-15/h1-7H,8H2,(H,17,21)(H,18,19). The number of halogens is 1. The molecule has 1 aromatic heterocycles. The molecule has 0 aliphatic rings. The lowest BCUT2D eigenvalue weighted by molar-refractivity contribution is -0.384. The number of aromatic nitrogens is 2. The van der Waals surface area contributed by atoms with Gasteiger partial charge < -0.3 is 10.3 Å². The van der Waals surface area contributed by atoms with Crippen LogP contribution in [-0.4, -0.2) is 26.6 Å². The van der Waals surface area contributed by atoms with Gasteiger partial charge in [0.25, 0.3) is 5.69 Å². The molecule has 0 aliphatic heterocycles. The van der Waals surface area contributed by atoms with Gasteiger partial charge in [0.2, 0.25) is 5.91 Å². The van der Waals surface area contributed by atoms with Crippen LogP contribution in [0.4, 0.5) is 15.8 Å². The minimum Gasteiger partial charge on any atom is -0.333 e. The van der Waals surface area contributed by atoms with E-state index in [4.69, 9.17) is 0 Å². The van der Waals surface area contributed by atoms with Gasteiger partial charge in [-0.1, -0.05) is 23.9 Å². The van der Waals surface area contributed by atoms with E-state index in [2.05, 4.69) is 15.3 Å². The van der Waals surface area contributed by atoms with Crippen LogP contribution in [0, 0.1) is 15.9 Å². The predicted octanol–water partition coefficient (Wildman–Crippen LogP) is 3.34. The van der Waals surface area contributed by atoms with E-state index < -0.39 is 10.7 Å². The highest BCUT2D eigenvalue weighted by atomic mass is 32.2. The first-order chi connectivity index (χ1) is 11.5. The van der Waals surface area contributed by atoms with Crippen LogP contribution in [0.3, 0.4) is 0 Å². The van der Waals surface area contributed by atoms with Crippen molar-refractivity contribution >= 4 is 40.1 Å². The Morgan fingerprint density at radius 2 is 2.12 bits per heavy atom. The summed E-state index contributed by atoms with van der Waals surface area (Å²) in [6.07, 6.45) is 0. The maximum Gasteiger partial charge on any atom is 0.271 e. The number of benzene rings is 2. The monoisotopic (exact) mass is 346 g/mol. The second-order valence-electron chi connectivity index (χ2n) is 4.82. The molecule has 7 nitrogen and oxygen atoms in total. The first kappa shape index (κ1) is 15.9. The Bertz CT molecular complexity index is 928. The van der Waals surface area contributed by atoms with Crippen molar-refractivity contribution in [2.24, 2.45) is 0 Å². The van der Waals surface area contributed by atoms with Crippen LogP contribution < -0.4 is 5.32 Å². The number of thioether (sulfide) groups is 1. The smallest absolute Gasteiger partial charge is 0.271 e. The van der Waals surface area contributed by atoms with E-state index in [1.54, 1.807) is 6.07 Å². The molecule has 1 heterocycles. The summed E-state index contributed by atoms with van der Waals surface area (Å²) >= 11 is 1.12. The number of nitro benzene ring substituents is 1. The molecule has 2 aromatic carbocycles. The summed E-state index contributed by atoms with van der Waals surface area (Å²) in [6.45, 7) is 0. The molecule has 0 aliphatic carbocycles. The lowest BCUT2D eigenvalue weighted by Gasteiger charge is -2.04. The zero-order chi connectivity index (χ0) is 17.1. The minimum absolute atomic E-state index is 0.0241. The molecule has 9 heteroatoms. The topological polar surface area (TPSA) is 101 Å². The van der Waals surface area contributed by atoms with E-state index in [9.17, 15) is 19.3 Å². The Labute approximate surface area is 139 Å². The van der Waals surface area contributed by atoms with E-state index in [1.807, 2.05) is 0 Å². The summed E-state index contributed by atoms with van der Waals surface area (Å²) in [4.78, 5) is 29.3. The lowest BCUT2D eigenvalue weighted by Crippen LogP contribution is -2.15. The Kier molecular flexibility index (Phi) is 4.43.